The number of anilines is 1. The maximum Gasteiger partial charge on any atom is 0.257 e. The fraction of sp³-hybridized carbons (Fsp3) is 0.320. The molecular weight excluding hydrogens is 477 g/mol. The van der Waals surface area contributed by atoms with Crippen LogP contribution in [0.25, 0.3) is 0 Å². The van der Waals surface area contributed by atoms with Crippen LogP contribution in [0.15, 0.2) is 59.7 Å². The van der Waals surface area contributed by atoms with Gasteiger partial charge in [-0.2, -0.15) is 0 Å². The van der Waals surface area contributed by atoms with E-state index < -0.39 is 42.6 Å². The third-order valence-electron chi connectivity index (χ3n) is 6.21. The van der Waals surface area contributed by atoms with Crippen LogP contribution in [-0.2, 0) is 11.4 Å². The first kappa shape index (κ1) is 25.4. The number of carbonyl (C=O) groups excluding carboxylic acids is 1. The van der Waals surface area contributed by atoms with Crippen LogP contribution in [0.2, 0.25) is 0 Å². The third kappa shape index (κ3) is 5.74. The minimum atomic E-state index is -2.97. The Kier molecular flexibility index (Phi) is 7.41. The van der Waals surface area contributed by atoms with Crippen molar-refractivity contribution in [2.24, 2.45) is 0 Å². The normalized spacial score (nSPS) is 18.4. The summed E-state index contributed by atoms with van der Waals surface area (Å²) >= 11 is 0. The predicted molar refractivity (Wildman–Crippen MR) is 126 cm³/mol. The molecule has 3 heterocycles. The Morgan fingerprint density at radius 1 is 1.31 bits per heavy atom. The summed E-state index contributed by atoms with van der Waals surface area (Å²) in [6.07, 6.45) is 2.23. The Bertz CT molecular complexity index is 1260. The largest absolute Gasteiger partial charge is 0.455 e. The molecule has 1 amide bonds. The van der Waals surface area contributed by atoms with Crippen molar-refractivity contribution in [2.75, 3.05) is 18.4 Å². The Morgan fingerprint density at radius 2 is 2.11 bits per heavy atom. The summed E-state index contributed by atoms with van der Waals surface area (Å²) in [4.78, 5) is 32.4. The molecule has 1 saturated heterocycles. The summed E-state index contributed by atoms with van der Waals surface area (Å²) in [6, 6.07) is 8.69. The molecule has 0 spiro atoms. The van der Waals surface area contributed by atoms with Crippen molar-refractivity contribution in [3.05, 3.63) is 82.2 Å². The highest BCUT2D eigenvalue weighted by atomic mass is 19.3. The number of amides is 1. The first-order valence-electron chi connectivity index (χ1n) is 11.3. The maximum absolute atomic E-state index is 14.6. The van der Waals surface area contributed by atoms with E-state index in [2.05, 4.69) is 15.3 Å². The number of hydrogen-bond donors (Lipinski definition) is 3. The second-order valence-electron chi connectivity index (χ2n) is 8.60. The number of carbonyl (C=O) groups is 1. The van der Waals surface area contributed by atoms with E-state index in [4.69, 9.17) is 4.74 Å². The highest BCUT2D eigenvalue weighted by molar-refractivity contribution is 5.93. The van der Waals surface area contributed by atoms with Gasteiger partial charge in [-0.1, -0.05) is 6.07 Å². The molecule has 11 heteroatoms. The molecule has 4 rings (SSSR count). The van der Waals surface area contributed by atoms with E-state index >= 15 is 0 Å². The molecule has 1 aliphatic heterocycles. The molecule has 2 atom stereocenters. The van der Waals surface area contributed by atoms with Crippen molar-refractivity contribution in [3.8, 4) is 11.5 Å². The number of hydrogen-bond acceptors (Lipinski definition) is 6. The zero-order chi connectivity index (χ0) is 25.9. The number of aliphatic hydroxyl groups is 1. The van der Waals surface area contributed by atoms with Gasteiger partial charge in [0.25, 0.3) is 5.92 Å². The number of alkyl halides is 2. The molecule has 1 aliphatic rings. The Balaban J connectivity index is 1.39. The number of aromatic amines is 1. The minimum absolute atomic E-state index is 0.0342. The van der Waals surface area contributed by atoms with E-state index in [0.29, 0.717) is 11.3 Å². The number of pyridine rings is 2. The van der Waals surface area contributed by atoms with E-state index in [0.717, 1.165) is 6.07 Å². The fourth-order valence-electron chi connectivity index (χ4n) is 4.08. The Morgan fingerprint density at radius 3 is 2.78 bits per heavy atom. The summed E-state index contributed by atoms with van der Waals surface area (Å²) in [6.45, 7) is 1.20. The molecule has 0 bridgehead atoms. The topological polar surface area (TPSA) is 108 Å². The van der Waals surface area contributed by atoms with Crippen molar-refractivity contribution in [1.29, 1.82) is 0 Å². The van der Waals surface area contributed by atoms with Crippen LogP contribution in [0, 0.1) is 5.82 Å². The number of rotatable bonds is 7. The van der Waals surface area contributed by atoms with Crippen LogP contribution in [0.4, 0.5) is 19.0 Å². The van der Waals surface area contributed by atoms with Gasteiger partial charge in [0.2, 0.25) is 11.5 Å². The molecule has 0 saturated carbocycles. The first-order valence-corrected chi connectivity index (χ1v) is 11.3. The number of halogens is 3. The zero-order valence-corrected chi connectivity index (χ0v) is 19.4. The van der Waals surface area contributed by atoms with Gasteiger partial charge in [-0.3, -0.25) is 14.5 Å². The predicted octanol–water partition coefficient (Wildman–Crippen LogP) is 3.65. The zero-order valence-electron chi connectivity index (χ0n) is 19.4. The molecule has 190 valence electrons. The number of nitrogens with zero attached hydrogens (tertiary/aromatic N) is 2. The lowest BCUT2D eigenvalue weighted by Crippen LogP contribution is -2.52. The highest BCUT2D eigenvalue weighted by Gasteiger charge is 2.46. The molecule has 1 aromatic carbocycles. The van der Waals surface area contributed by atoms with Crippen LogP contribution in [0.1, 0.15) is 30.4 Å². The van der Waals surface area contributed by atoms with Crippen LogP contribution in [0.5, 0.6) is 11.5 Å². The lowest BCUT2D eigenvalue weighted by Gasteiger charge is -2.40. The summed E-state index contributed by atoms with van der Waals surface area (Å²) in [5.74, 6) is -4.23. The van der Waals surface area contributed by atoms with Crippen molar-refractivity contribution >= 4 is 11.7 Å². The van der Waals surface area contributed by atoms with Gasteiger partial charge in [0, 0.05) is 37.3 Å². The number of H-pyrrole nitrogens is 1. The number of aromatic nitrogens is 2. The molecule has 0 unspecified atom stereocenters. The molecule has 2 aromatic heterocycles. The van der Waals surface area contributed by atoms with Gasteiger partial charge in [-0.15, -0.1) is 0 Å². The van der Waals surface area contributed by atoms with E-state index in [1.807, 2.05) is 0 Å². The lowest BCUT2D eigenvalue weighted by molar-refractivity contribution is -0.125. The number of likely N-dealkylation sites (tertiary alicyclic amines) is 1. The van der Waals surface area contributed by atoms with Gasteiger partial charge >= 0.3 is 0 Å². The number of piperidine rings is 1. The van der Waals surface area contributed by atoms with Crippen LogP contribution >= 0.6 is 0 Å². The monoisotopic (exact) mass is 502 g/mol. The molecule has 3 aromatic rings. The first-order chi connectivity index (χ1) is 17.2. The van der Waals surface area contributed by atoms with Gasteiger partial charge in [0.15, 0.2) is 0 Å². The molecule has 3 N–H and O–H groups in total. The van der Waals surface area contributed by atoms with Gasteiger partial charge in [-0.05, 0) is 42.8 Å². The van der Waals surface area contributed by atoms with Crippen molar-refractivity contribution in [3.63, 3.8) is 0 Å². The van der Waals surface area contributed by atoms with Gasteiger partial charge in [0.05, 0.1) is 24.8 Å². The summed E-state index contributed by atoms with van der Waals surface area (Å²) in [7, 11) is 0. The van der Waals surface area contributed by atoms with Crippen molar-refractivity contribution in [2.45, 2.75) is 37.8 Å². The average molecular weight is 502 g/mol. The third-order valence-corrected chi connectivity index (χ3v) is 6.21. The number of nitrogens with one attached hydrogen (secondary N) is 2. The van der Waals surface area contributed by atoms with E-state index in [-0.39, 0.29) is 35.8 Å². The minimum Gasteiger partial charge on any atom is -0.455 e. The number of ether oxygens (including phenoxy) is 1. The van der Waals surface area contributed by atoms with Crippen molar-refractivity contribution in [1.82, 2.24) is 14.9 Å². The number of aliphatic hydroxyl groups excluding tert-OH is 1. The Labute approximate surface area is 204 Å². The summed E-state index contributed by atoms with van der Waals surface area (Å²) < 4.78 is 48.2. The van der Waals surface area contributed by atoms with E-state index in [9.17, 15) is 27.9 Å². The van der Waals surface area contributed by atoms with E-state index in [1.54, 1.807) is 17.9 Å². The van der Waals surface area contributed by atoms with Gasteiger partial charge < -0.3 is 20.1 Å². The average Bonchev–Trinajstić information content (AvgIpc) is 2.86. The highest BCUT2D eigenvalue weighted by Crippen LogP contribution is 2.40. The molecule has 0 aliphatic carbocycles. The molecule has 36 heavy (non-hydrogen) atoms. The standard InChI is InChI=1S/C25H25F3N4O4/c1-15(32-9-8-25(27,28)20(13-32)16-2-7-23(34)30-11-16)24(35)31-22-6-4-19(12-29-22)36-21-5-3-18(26)10-17(21)14-33/h2-7,10-12,15,20,33H,8-9,13-14H2,1H3,(H,30,34)(H,29,31,35)/t15-,20+/m0/s1. The smallest absolute Gasteiger partial charge is 0.257 e. The van der Waals surface area contributed by atoms with Crippen LogP contribution in [-0.4, -0.2) is 50.9 Å². The number of benzene rings is 1. The summed E-state index contributed by atoms with van der Waals surface area (Å²) in [5.41, 5.74) is 0.200. The maximum atomic E-state index is 14.6. The van der Waals surface area contributed by atoms with Crippen LogP contribution < -0.4 is 15.6 Å². The van der Waals surface area contributed by atoms with Gasteiger partial charge in [-0.25, -0.2) is 18.2 Å². The second kappa shape index (κ2) is 10.5. The van der Waals surface area contributed by atoms with Crippen molar-refractivity contribution < 1.29 is 27.8 Å². The Hall–Kier alpha value is -3.70. The van der Waals surface area contributed by atoms with Crippen LogP contribution in [0.3, 0.4) is 0 Å². The molecular formula is C25H25F3N4O4. The second-order valence-corrected chi connectivity index (χ2v) is 8.60. The molecule has 0 radical (unpaired) electrons. The molecule has 8 nitrogen and oxygen atoms in total. The van der Waals surface area contributed by atoms with Gasteiger partial charge in [0.1, 0.15) is 23.1 Å². The fourth-order valence-corrected chi connectivity index (χ4v) is 4.08. The lowest BCUT2D eigenvalue weighted by atomic mass is 9.87. The SMILES string of the molecule is C[C@@H](C(=O)Nc1ccc(Oc2ccc(F)cc2CO)cn1)N1CCC(F)(F)[C@@H](c2ccc(=O)[nH]c2)C1. The van der Waals surface area contributed by atoms with E-state index in [1.165, 1.54) is 42.7 Å². The summed E-state index contributed by atoms with van der Waals surface area (Å²) in [5, 5.41) is 12.0. The molecule has 1 fully saturated rings. The quantitative estimate of drug-likeness (QED) is 0.455.